The van der Waals surface area contributed by atoms with E-state index in [1.165, 1.54) is 11.8 Å². The van der Waals surface area contributed by atoms with Crippen LogP contribution >= 0.6 is 11.8 Å². The third kappa shape index (κ3) is 3.52. The Morgan fingerprint density at radius 2 is 2.25 bits per heavy atom. The lowest BCUT2D eigenvalue weighted by atomic mass is 10.2. The lowest BCUT2D eigenvalue weighted by Crippen LogP contribution is -2.33. The molecule has 0 spiro atoms. The highest BCUT2D eigenvalue weighted by atomic mass is 32.2. The Morgan fingerprint density at radius 1 is 1.62 bits per heavy atom. The van der Waals surface area contributed by atoms with Crippen LogP contribution in [0, 0.1) is 5.92 Å². The van der Waals surface area contributed by atoms with Crippen molar-refractivity contribution in [1.29, 1.82) is 0 Å². The minimum absolute atomic E-state index is 0.00840. The Morgan fingerprint density at radius 3 is 2.75 bits per heavy atom. The highest BCUT2D eigenvalue weighted by Crippen LogP contribution is 2.24. The SMILES string of the molecule is CC(=O)SC1CC(=O)N(CC(C)C(=O)O)C1. The highest BCUT2D eigenvalue weighted by Gasteiger charge is 2.32. The van der Waals surface area contributed by atoms with Gasteiger partial charge in [0.2, 0.25) is 5.91 Å². The number of nitrogens with zero attached hydrogens (tertiary/aromatic N) is 1. The largest absolute Gasteiger partial charge is 0.481 e. The molecule has 0 aromatic heterocycles. The summed E-state index contributed by atoms with van der Waals surface area (Å²) < 4.78 is 0. The van der Waals surface area contributed by atoms with Gasteiger partial charge in [0.25, 0.3) is 0 Å². The summed E-state index contributed by atoms with van der Waals surface area (Å²) in [5.74, 6) is -1.53. The molecule has 6 heteroatoms. The first-order chi connectivity index (χ1) is 7.40. The van der Waals surface area contributed by atoms with Crippen molar-refractivity contribution in [1.82, 2.24) is 4.90 Å². The second-order valence-corrected chi connectivity index (χ2v) is 5.45. The van der Waals surface area contributed by atoms with Crippen molar-refractivity contribution in [3.8, 4) is 0 Å². The average molecular weight is 245 g/mol. The number of carboxylic acid groups (broad SMARTS) is 1. The molecule has 1 aliphatic rings. The number of rotatable bonds is 4. The Hall–Kier alpha value is -1.04. The maximum atomic E-state index is 11.5. The molecule has 2 unspecified atom stereocenters. The molecule has 0 bridgehead atoms. The van der Waals surface area contributed by atoms with Crippen LogP contribution in [0.1, 0.15) is 20.3 Å². The Kier molecular flexibility index (Phi) is 4.35. The Bertz CT molecular complexity index is 318. The number of amides is 1. The van der Waals surface area contributed by atoms with Crippen molar-refractivity contribution >= 4 is 28.8 Å². The van der Waals surface area contributed by atoms with E-state index >= 15 is 0 Å². The fraction of sp³-hybridized carbons (Fsp3) is 0.700. The van der Waals surface area contributed by atoms with E-state index in [9.17, 15) is 14.4 Å². The number of carboxylic acids is 1. The molecule has 0 aromatic carbocycles. The fourth-order valence-corrected chi connectivity index (χ4v) is 2.58. The standard InChI is InChI=1S/C10H15NO4S/c1-6(10(14)15)4-11-5-8(3-9(11)13)16-7(2)12/h6,8H,3-5H2,1-2H3,(H,14,15). The highest BCUT2D eigenvalue weighted by molar-refractivity contribution is 8.14. The van der Waals surface area contributed by atoms with Gasteiger partial charge in [-0.15, -0.1) is 0 Å². The molecule has 5 nitrogen and oxygen atoms in total. The molecular weight excluding hydrogens is 230 g/mol. The molecule has 0 saturated carbocycles. The van der Waals surface area contributed by atoms with E-state index in [0.717, 1.165) is 11.8 Å². The first kappa shape index (κ1) is 13.0. The summed E-state index contributed by atoms with van der Waals surface area (Å²) in [5.41, 5.74) is 0. The number of aliphatic carboxylic acids is 1. The zero-order valence-corrected chi connectivity index (χ0v) is 10.1. The van der Waals surface area contributed by atoms with E-state index in [0.29, 0.717) is 13.0 Å². The third-order valence-electron chi connectivity index (χ3n) is 2.43. The van der Waals surface area contributed by atoms with Gasteiger partial charge in [-0.05, 0) is 0 Å². The Labute approximate surface area is 98.2 Å². The van der Waals surface area contributed by atoms with E-state index in [1.807, 2.05) is 0 Å². The second kappa shape index (κ2) is 5.34. The van der Waals surface area contributed by atoms with Gasteiger partial charge >= 0.3 is 5.97 Å². The smallest absolute Gasteiger partial charge is 0.308 e. The van der Waals surface area contributed by atoms with Gasteiger partial charge in [-0.1, -0.05) is 18.7 Å². The van der Waals surface area contributed by atoms with Crippen LogP contribution in [0.3, 0.4) is 0 Å². The van der Waals surface area contributed by atoms with E-state index in [1.54, 1.807) is 6.92 Å². The predicted octanol–water partition coefficient (Wildman–Crippen LogP) is 0.588. The minimum Gasteiger partial charge on any atom is -0.481 e. The molecule has 1 N–H and O–H groups in total. The summed E-state index contributed by atoms with van der Waals surface area (Å²) in [7, 11) is 0. The van der Waals surface area contributed by atoms with Crippen LogP contribution in [0.4, 0.5) is 0 Å². The van der Waals surface area contributed by atoms with Crippen molar-refractivity contribution < 1.29 is 19.5 Å². The maximum Gasteiger partial charge on any atom is 0.308 e. The van der Waals surface area contributed by atoms with Gasteiger partial charge in [-0.25, -0.2) is 0 Å². The second-order valence-electron chi connectivity index (χ2n) is 3.97. The molecular formula is C10H15NO4S. The predicted molar refractivity (Wildman–Crippen MR) is 60.1 cm³/mol. The van der Waals surface area contributed by atoms with E-state index in [-0.39, 0.29) is 22.8 Å². The number of carbonyl (C=O) groups excluding carboxylic acids is 2. The van der Waals surface area contributed by atoms with E-state index in [2.05, 4.69) is 0 Å². The number of carbonyl (C=O) groups is 3. The lowest BCUT2D eigenvalue weighted by Gasteiger charge is -2.18. The van der Waals surface area contributed by atoms with Gasteiger partial charge in [0, 0.05) is 31.7 Å². The molecule has 1 aliphatic heterocycles. The number of thioether (sulfide) groups is 1. The van der Waals surface area contributed by atoms with Crippen LogP contribution in [-0.2, 0) is 14.4 Å². The summed E-state index contributed by atoms with van der Waals surface area (Å²) in [5, 5.41) is 8.71. The molecule has 1 saturated heterocycles. The fourth-order valence-electron chi connectivity index (χ4n) is 1.63. The quantitative estimate of drug-likeness (QED) is 0.784. The van der Waals surface area contributed by atoms with Crippen LogP contribution < -0.4 is 0 Å². The molecule has 90 valence electrons. The molecule has 16 heavy (non-hydrogen) atoms. The van der Waals surface area contributed by atoms with Crippen molar-refractivity contribution in [2.45, 2.75) is 25.5 Å². The van der Waals surface area contributed by atoms with Crippen molar-refractivity contribution in [3.63, 3.8) is 0 Å². The summed E-state index contributed by atoms with van der Waals surface area (Å²) in [4.78, 5) is 34.6. The zero-order valence-electron chi connectivity index (χ0n) is 9.30. The third-order valence-corrected chi connectivity index (χ3v) is 3.41. The number of hydrogen-bond donors (Lipinski definition) is 1. The number of hydrogen-bond acceptors (Lipinski definition) is 4. The summed E-state index contributed by atoms with van der Waals surface area (Å²) in [6, 6.07) is 0. The molecule has 2 atom stereocenters. The van der Waals surface area contributed by atoms with Crippen LogP contribution in [-0.4, -0.2) is 45.3 Å². The normalized spacial score (nSPS) is 22.2. The average Bonchev–Trinajstić information content (AvgIpc) is 2.45. The van der Waals surface area contributed by atoms with Gasteiger partial charge in [0.1, 0.15) is 0 Å². The van der Waals surface area contributed by atoms with Crippen LogP contribution in [0.25, 0.3) is 0 Å². The van der Waals surface area contributed by atoms with Gasteiger partial charge in [-0.3, -0.25) is 14.4 Å². The monoisotopic (exact) mass is 245 g/mol. The van der Waals surface area contributed by atoms with Gasteiger partial charge in [-0.2, -0.15) is 0 Å². The molecule has 1 rings (SSSR count). The molecule has 0 aromatic rings. The number of likely N-dealkylation sites (tertiary alicyclic amines) is 1. The van der Waals surface area contributed by atoms with E-state index in [4.69, 9.17) is 5.11 Å². The first-order valence-electron chi connectivity index (χ1n) is 5.08. The maximum absolute atomic E-state index is 11.5. The zero-order chi connectivity index (χ0) is 12.3. The van der Waals surface area contributed by atoms with Crippen LogP contribution in [0.15, 0.2) is 0 Å². The van der Waals surface area contributed by atoms with Crippen molar-refractivity contribution in [3.05, 3.63) is 0 Å². The molecule has 1 amide bonds. The van der Waals surface area contributed by atoms with Gasteiger partial charge < -0.3 is 10.0 Å². The lowest BCUT2D eigenvalue weighted by molar-refractivity contribution is -0.142. The molecule has 0 radical (unpaired) electrons. The topological polar surface area (TPSA) is 74.7 Å². The van der Waals surface area contributed by atoms with Gasteiger partial charge in [0.05, 0.1) is 5.92 Å². The molecule has 0 aliphatic carbocycles. The van der Waals surface area contributed by atoms with Crippen LogP contribution in [0.5, 0.6) is 0 Å². The van der Waals surface area contributed by atoms with Gasteiger partial charge in [0.15, 0.2) is 5.12 Å². The molecule has 1 fully saturated rings. The summed E-state index contributed by atoms with van der Waals surface area (Å²) in [6.07, 6.45) is 0.330. The summed E-state index contributed by atoms with van der Waals surface area (Å²) in [6.45, 7) is 3.74. The van der Waals surface area contributed by atoms with Crippen LogP contribution in [0.2, 0.25) is 0 Å². The first-order valence-corrected chi connectivity index (χ1v) is 5.96. The van der Waals surface area contributed by atoms with Crippen molar-refractivity contribution in [2.24, 2.45) is 5.92 Å². The minimum atomic E-state index is -0.907. The van der Waals surface area contributed by atoms with Crippen molar-refractivity contribution in [2.75, 3.05) is 13.1 Å². The van der Waals surface area contributed by atoms with E-state index < -0.39 is 11.9 Å². The molecule has 1 heterocycles. The Balaban J connectivity index is 2.48. The summed E-state index contributed by atoms with van der Waals surface area (Å²) >= 11 is 1.16.